The van der Waals surface area contributed by atoms with E-state index in [0.717, 1.165) is 17.3 Å². The van der Waals surface area contributed by atoms with E-state index in [2.05, 4.69) is 11.1 Å². The Morgan fingerprint density at radius 1 is 1.11 bits per heavy atom. The molecule has 2 aromatic carbocycles. The van der Waals surface area contributed by atoms with Crippen LogP contribution < -0.4 is 9.47 Å². The third-order valence-corrected chi connectivity index (χ3v) is 7.11. The first-order chi connectivity index (χ1) is 13.0. The average molecular weight is 386 g/mol. The zero-order chi connectivity index (χ0) is 19.0. The Morgan fingerprint density at radius 2 is 1.93 bits per heavy atom. The molecule has 4 rings (SSSR count). The van der Waals surface area contributed by atoms with Crippen LogP contribution in [0.2, 0.25) is 0 Å². The standard InChI is InChI=1S/C20H22N2O4S/c1-25-15-7-8-20(19(11-15)26-2)27(23,24)22-10-9-14(13-22)17-12-21-18-6-4-3-5-16(17)18/h3-8,11-12,14,21H,9-10,13H2,1-2H3. The number of para-hydroxylation sites is 1. The highest BCUT2D eigenvalue weighted by molar-refractivity contribution is 7.89. The van der Waals surface area contributed by atoms with Crippen LogP contribution in [-0.4, -0.2) is 45.0 Å². The van der Waals surface area contributed by atoms with E-state index in [4.69, 9.17) is 9.47 Å². The second-order valence-corrected chi connectivity index (χ2v) is 8.56. The quantitative estimate of drug-likeness (QED) is 0.730. The third kappa shape index (κ3) is 3.07. The highest BCUT2D eigenvalue weighted by atomic mass is 32.2. The summed E-state index contributed by atoms with van der Waals surface area (Å²) in [5, 5.41) is 1.16. The maximum absolute atomic E-state index is 13.2. The molecule has 7 heteroatoms. The molecule has 1 unspecified atom stereocenters. The van der Waals surface area contributed by atoms with Gasteiger partial charge >= 0.3 is 0 Å². The molecule has 1 fully saturated rings. The summed E-state index contributed by atoms with van der Waals surface area (Å²) in [6.45, 7) is 0.945. The maximum atomic E-state index is 13.2. The number of aromatic nitrogens is 1. The van der Waals surface area contributed by atoms with Gasteiger partial charge in [-0.05, 0) is 30.2 Å². The smallest absolute Gasteiger partial charge is 0.246 e. The summed E-state index contributed by atoms with van der Waals surface area (Å²) in [6.07, 6.45) is 2.79. The Kier molecular flexibility index (Phi) is 4.57. The molecule has 1 aliphatic rings. The Hall–Kier alpha value is -2.51. The van der Waals surface area contributed by atoms with Crippen LogP contribution in [0.5, 0.6) is 11.5 Å². The van der Waals surface area contributed by atoms with Crippen molar-refractivity contribution < 1.29 is 17.9 Å². The first-order valence-electron chi connectivity index (χ1n) is 8.83. The topological polar surface area (TPSA) is 71.6 Å². The van der Waals surface area contributed by atoms with Gasteiger partial charge in [0.25, 0.3) is 0 Å². The fourth-order valence-electron chi connectivity index (χ4n) is 3.76. The first kappa shape index (κ1) is 17.9. The van der Waals surface area contributed by atoms with Crippen molar-refractivity contribution in [2.24, 2.45) is 0 Å². The second-order valence-electron chi connectivity index (χ2n) is 6.66. The van der Waals surface area contributed by atoms with Crippen molar-refractivity contribution in [1.82, 2.24) is 9.29 Å². The van der Waals surface area contributed by atoms with Gasteiger partial charge in [-0.25, -0.2) is 8.42 Å². The molecule has 1 aromatic heterocycles. The molecule has 0 amide bonds. The van der Waals surface area contributed by atoms with E-state index in [1.165, 1.54) is 19.8 Å². The van der Waals surface area contributed by atoms with Crippen LogP contribution in [0, 0.1) is 0 Å². The van der Waals surface area contributed by atoms with Gasteiger partial charge in [0.1, 0.15) is 16.4 Å². The SMILES string of the molecule is COc1ccc(S(=O)(=O)N2CCC(c3c[nH]c4ccccc34)C2)c(OC)c1. The van der Waals surface area contributed by atoms with Crippen molar-refractivity contribution in [3.63, 3.8) is 0 Å². The molecule has 0 aliphatic carbocycles. The van der Waals surface area contributed by atoms with Gasteiger partial charge < -0.3 is 14.5 Å². The van der Waals surface area contributed by atoms with E-state index < -0.39 is 10.0 Å². The number of ether oxygens (including phenoxy) is 2. The molecule has 1 saturated heterocycles. The Bertz CT molecular complexity index is 1070. The molecule has 3 aromatic rings. The molecule has 0 spiro atoms. The van der Waals surface area contributed by atoms with Crippen LogP contribution in [0.1, 0.15) is 17.9 Å². The monoisotopic (exact) mass is 386 g/mol. The van der Waals surface area contributed by atoms with Gasteiger partial charge in [0.05, 0.1) is 14.2 Å². The Labute approximate surface area is 158 Å². The number of fused-ring (bicyclic) bond motifs is 1. The maximum Gasteiger partial charge on any atom is 0.246 e. The largest absolute Gasteiger partial charge is 0.497 e. The predicted molar refractivity (Wildman–Crippen MR) is 104 cm³/mol. The summed E-state index contributed by atoms with van der Waals surface area (Å²) in [6, 6.07) is 12.9. The molecule has 0 radical (unpaired) electrons. The van der Waals surface area contributed by atoms with E-state index in [0.29, 0.717) is 24.6 Å². The van der Waals surface area contributed by atoms with Gasteiger partial charge in [0, 0.05) is 42.2 Å². The van der Waals surface area contributed by atoms with Crippen molar-refractivity contribution in [2.75, 3.05) is 27.3 Å². The summed E-state index contributed by atoms with van der Waals surface area (Å²) >= 11 is 0. The summed E-state index contributed by atoms with van der Waals surface area (Å²) in [5.41, 5.74) is 2.25. The number of rotatable bonds is 5. The van der Waals surface area contributed by atoms with Gasteiger partial charge in [-0.1, -0.05) is 18.2 Å². The molecule has 0 bridgehead atoms. The van der Waals surface area contributed by atoms with Gasteiger partial charge in [0.15, 0.2) is 0 Å². The summed E-state index contributed by atoms with van der Waals surface area (Å²) in [5.74, 6) is 1.02. The minimum Gasteiger partial charge on any atom is -0.497 e. The number of hydrogen-bond donors (Lipinski definition) is 1. The lowest BCUT2D eigenvalue weighted by Gasteiger charge is -2.19. The lowest BCUT2D eigenvalue weighted by molar-refractivity contribution is 0.383. The zero-order valence-corrected chi connectivity index (χ0v) is 16.1. The van der Waals surface area contributed by atoms with E-state index in [-0.39, 0.29) is 10.8 Å². The molecular formula is C20H22N2O4S. The predicted octanol–water partition coefficient (Wildman–Crippen LogP) is 3.36. The zero-order valence-electron chi connectivity index (χ0n) is 15.3. The normalized spacial score (nSPS) is 18.1. The Balaban J connectivity index is 1.63. The van der Waals surface area contributed by atoms with Crippen molar-refractivity contribution in [1.29, 1.82) is 0 Å². The van der Waals surface area contributed by atoms with E-state index >= 15 is 0 Å². The van der Waals surface area contributed by atoms with Crippen LogP contribution in [0.25, 0.3) is 10.9 Å². The minimum absolute atomic E-state index is 0.167. The Morgan fingerprint density at radius 3 is 2.70 bits per heavy atom. The molecule has 27 heavy (non-hydrogen) atoms. The summed E-state index contributed by atoms with van der Waals surface area (Å²) in [4.78, 5) is 3.45. The highest BCUT2D eigenvalue weighted by Gasteiger charge is 2.35. The molecule has 2 heterocycles. The van der Waals surface area contributed by atoms with Crippen LogP contribution >= 0.6 is 0 Å². The van der Waals surface area contributed by atoms with Crippen LogP contribution in [0.15, 0.2) is 53.6 Å². The number of benzene rings is 2. The molecule has 1 aliphatic heterocycles. The number of nitrogens with one attached hydrogen (secondary N) is 1. The van der Waals surface area contributed by atoms with Gasteiger partial charge in [-0.3, -0.25) is 0 Å². The number of methoxy groups -OCH3 is 2. The summed E-state index contributed by atoms with van der Waals surface area (Å²) < 4.78 is 38.4. The van der Waals surface area contributed by atoms with Crippen LogP contribution in [0.3, 0.4) is 0 Å². The third-order valence-electron chi connectivity index (χ3n) is 5.20. The van der Waals surface area contributed by atoms with Crippen molar-refractivity contribution in [3.05, 3.63) is 54.2 Å². The van der Waals surface area contributed by atoms with E-state index in [9.17, 15) is 8.42 Å². The summed E-state index contributed by atoms with van der Waals surface area (Å²) in [7, 11) is -0.639. The average Bonchev–Trinajstić information content (AvgIpc) is 3.34. The molecule has 1 atom stereocenters. The number of H-pyrrole nitrogens is 1. The van der Waals surface area contributed by atoms with Gasteiger partial charge in [0.2, 0.25) is 10.0 Å². The first-order valence-corrected chi connectivity index (χ1v) is 10.3. The van der Waals surface area contributed by atoms with E-state index in [1.807, 2.05) is 24.4 Å². The van der Waals surface area contributed by atoms with Crippen LogP contribution in [0.4, 0.5) is 0 Å². The lowest BCUT2D eigenvalue weighted by Crippen LogP contribution is -2.29. The highest BCUT2D eigenvalue weighted by Crippen LogP contribution is 2.37. The van der Waals surface area contributed by atoms with Crippen molar-refractivity contribution in [3.8, 4) is 11.5 Å². The van der Waals surface area contributed by atoms with Gasteiger partial charge in [-0.2, -0.15) is 4.31 Å². The second kappa shape index (κ2) is 6.90. The number of aromatic amines is 1. The molecule has 1 N–H and O–H groups in total. The number of hydrogen-bond acceptors (Lipinski definition) is 4. The van der Waals surface area contributed by atoms with Crippen LogP contribution in [-0.2, 0) is 10.0 Å². The molecule has 0 saturated carbocycles. The van der Waals surface area contributed by atoms with E-state index in [1.54, 1.807) is 22.5 Å². The van der Waals surface area contributed by atoms with Crippen molar-refractivity contribution >= 4 is 20.9 Å². The van der Waals surface area contributed by atoms with Crippen molar-refractivity contribution in [2.45, 2.75) is 17.2 Å². The molecule has 6 nitrogen and oxygen atoms in total. The number of nitrogens with zero attached hydrogens (tertiary/aromatic N) is 1. The van der Waals surface area contributed by atoms with Gasteiger partial charge in [-0.15, -0.1) is 0 Å². The number of sulfonamides is 1. The fraction of sp³-hybridized carbons (Fsp3) is 0.300. The molecule has 142 valence electrons. The minimum atomic E-state index is -3.64. The fourth-order valence-corrected chi connectivity index (χ4v) is 5.40. The lowest BCUT2D eigenvalue weighted by atomic mass is 9.98. The molecular weight excluding hydrogens is 364 g/mol.